The van der Waals surface area contributed by atoms with Gasteiger partial charge in [-0.2, -0.15) is 0 Å². The summed E-state index contributed by atoms with van der Waals surface area (Å²) in [5.74, 6) is -6.16. The molecule has 0 fully saturated rings. The van der Waals surface area contributed by atoms with Gasteiger partial charge in [-0.3, -0.25) is 14.4 Å². The maximum atomic E-state index is 14.2. The van der Waals surface area contributed by atoms with Crippen LogP contribution in [0.25, 0.3) is 10.8 Å². The van der Waals surface area contributed by atoms with E-state index >= 15 is 0 Å². The van der Waals surface area contributed by atoms with Crippen LogP contribution < -0.4 is 5.73 Å². The zero-order valence-corrected chi connectivity index (χ0v) is 22.4. The fourth-order valence-electron chi connectivity index (χ4n) is 8.08. The van der Waals surface area contributed by atoms with Crippen molar-refractivity contribution in [1.82, 2.24) is 0 Å². The van der Waals surface area contributed by atoms with Crippen LogP contribution in [0.1, 0.15) is 77.4 Å². The van der Waals surface area contributed by atoms with E-state index in [0.29, 0.717) is 17.4 Å². The number of allylic oxidation sites excluding steroid dienone is 4. The third kappa shape index (κ3) is 2.65. The molecule has 6 rings (SSSR count). The number of aliphatic hydroxyl groups is 2. The molecule has 1 spiro atoms. The molecule has 0 bridgehead atoms. The van der Waals surface area contributed by atoms with Crippen LogP contribution in [-0.2, 0) is 16.6 Å². The number of aryl methyl sites for hydroxylation is 1. The first-order valence-electron chi connectivity index (χ1n) is 13.1. The average Bonchev–Trinajstić information content (AvgIpc) is 3.19. The van der Waals surface area contributed by atoms with E-state index in [1.807, 2.05) is 13.8 Å². The summed E-state index contributed by atoms with van der Waals surface area (Å²) in [7, 11) is 0. The number of fused-ring (bicyclic) bond motifs is 4. The molecule has 2 aromatic carbocycles. The molecule has 8 heteroatoms. The predicted octanol–water partition coefficient (Wildman–Crippen LogP) is 4.10. The molecule has 3 atom stereocenters. The van der Waals surface area contributed by atoms with Crippen molar-refractivity contribution in [2.24, 2.45) is 17.1 Å². The van der Waals surface area contributed by atoms with Crippen LogP contribution in [0, 0.1) is 18.3 Å². The van der Waals surface area contributed by atoms with Crippen LogP contribution in [0.3, 0.4) is 0 Å². The summed E-state index contributed by atoms with van der Waals surface area (Å²) in [6.45, 7) is 11.7. The molecule has 0 heterocycles. The van der Waals surface area contributed by atoms with Gasteiger partial charge in [0.15, 0.2) is 5.78 Å². The van der Waals surface area contributed by atoms with Gasteiger partial charge in [-0.05, 0) is 66.7 Å². The van der Waals surface area contributed by atoms with E-state index < -0.39 is 63.3 Å². The number of Topliss-reactive ketones (excluding diaryl/α,β-unsaturated/α-hetero) is 3. The van der Waals surface area contributed by atoms with Crippen molar-refractivity contribution in [2.75, 3.05) is 0 Å². The fourth-order valence-corrected chi connectivity index (χ4v) is 8.08. The molecule has 0 amide bonds. The number of carbonyl (C=O) groups is 3. The van der Waals surface area contributed by atoms with Gasteiger partial charge in [0, 0.05) is 23.1 Å². The Labute approximate surface area is 225 Å². The van der Waals surface area contributed by atoms with Crippen molar-refractivity contribution < 1.29 is 34.8 Å². The van der Waals surface area contributed by atoms with Crippen molar-refractivity contribution >= 4 is 28.1 Å². The second-order valence-electron chi connectivity index (χ2n) is 12.2. The largest absolute Gasteiger partial charge is 0.511 e. The molecule has 2 aromatic rings. The minimum atomic E-state index is -2.88. The molecule has 0 unspecified atom stereocenters. The lowest BCUT2D eigenvalue weighted by atomic mass is 9.53. The van der Waals surface area contributed by atoms with E-state index in [2.05, 4.69) is 26.5 Å². The van der Waals surface area contributed by atoms with E-state index in [-0.39, 0.29) is 27.8 Å². The van der Waals surface area contributed by atoms with Gasteiger partial charge in [0.05, 0.1) is 22.4 Å². The fraction of sp³-hybridized carbons (Fsp3) is 0.387. The van der Waals surface area contributed by atoms with E-state index in [1.54, 1.807) is 6.07 Å². The molecular formula is C31H31NO7. The molecule has 0 aliphatic heterocycles. The smallest absolute Gasteiger partial charge is 0.208 e. The highest BCUT2D eigenvalue weighted by Gasteiger charge is 2.64. The number of carbonyl (C=O) groups excluding carboxylic acids is 3. The topological polar surface area (TPSA) is 158 Å². The number of phenols is 2. The number of aliphatic hydroxyl groups excluding tert-OH is 1. The van der Waals surface area contributed by atoms with E-state index in [0.717, 1.165) is 29.5 Å². The monoisotopic (exact) mass is 529 g/mol. The highest BCUT2D eigenvalue weighted by atomic mass is 16.3. The minimum Gasteiger partial charge on any atom is -0.511 e. The maximum Gasteiger partial charge on any atom is 0.208 e. The summed E-state index contributed by atoms with van der Waals surface area (Å²) in [5, 5.41) is 45.4. The number of phenolic OH excluding ortho intramolecular Hbond substituents is 2. The second-order valence-corrected chi connectivity index (χ2v) is 12.2. The highest BCUT2D eigenvalue weighted by Crippen LogP contribution is 2.64. The summed E-state index contributed by atoms with van der Waals surface area (Å²) in [5.41, 5.74) is 3.84. The van der Waals surface area contributed by atoms with E-state index in [1.165, 1.54) is 0 Å². The molecule has 39 heavy (non-hydrogen) atoms. The number of hydrogen-bond acceptors (Lipinski definition) is 8. The Bertz CT molecular complexity index is 1690. The van der Waals surface area contributed by atoms with E-state index in [9.17, 15) is 34.8 Å². The Balaban J connectivity index is 1.74. The SMILES string of the molecule is C=C(N)C1=C(O)C[C@@H]2C(=O)c3c(c(O)c4c(O)cc(C)c5c4c3C[C@]53C(C)=CCCC3(C)C)C(=O)[C@]2(O)C1=O. The van der Waals surface area contributed by atoms with Gasteiger partial charge in [0.2, 0.25) is 17.2 Å². The third-order valence-corrected chi connectivity index (χ3v) is 9.97. The maximum absolute atomic E-state index is 14.2. The number of aromatic hydroxyl groups is 2. The Morgan fingerprint density at radius 2 is 1.72 bits per heavy atom. The van der Waals surface area contributed by atoms with Crippen LogP contribution in [-0.4, -0.2) is 43.4 Å². The number of rotatable bonds is 1. The predicted molar refractivity (Wildman–Crippen MR) is 144 cm³/mol. The van der Waals surface area contributed by atoms with Crippen molar-refractivity contribution in [3.63, 3.8) is 0 Å². The lowest BCUT2D eigenvalue weighted by Crippen LogP contribution is -2.61. The van der Waals surface area contributed by atoms with Crippen LogP contribution in [0.5, 0.6) is 11.5 Å². The van der Waals surface area contributed by atoms with E-state index in [4.69, 9.17) is 5.73 Å². The first-order chi connectivity index (χ1) is 18.1. The first-order valence-corrected chi connectivity index (χ1v) is 13.1. The summed E-state index contributed by atoms with van der Waals surface area (Å²) < 4.78 is 0. The van der Waals surface area contributed by atoms with Gasteiger partial charge in [0.1, 0.15) is 17.3 Å². The van der Waals surface area contributed by atoms with Crippen molar-refractivity contribution in [3.05, 3.63) is 69.1 Å². The van der Waals surface area contributed by atoms with Gasteiger partial charge in [-0.15, -0.1) is 0 Å². The number of hydrogen-bond donors (Lipinski definition) is 5. The summed E-state index contributed by atoms with van der Waals surface area (Å²) in [6.07, 6.45) is 3.78. The zero-order valence-electron chi connectivity index (χ0n) is 22.4. The van der Waals surface area contributed by atoms with Gasteiger partial charge >= 0.3 is 0 Å². The summed E-state index contributed by atoms with van der Waals surface area (Å²) >= 11 is 0. The third-order valence-electron chi connectivity index (χ3n) is 9.97. The molecule has 8 nitrogen and oxygen atoms in total. The van der Waals surface area contributed by atoms with Crippen molar-refractivity contribution in [2.45, 2.75) is 64.4 Å². The zero-order chi connectivity index (χ0) is 28.6. The van der Waals surface area contributed by atoms with Gasteiger partial charge < -0.3 is 26.2 Å². The van der Waals surface area contributed by atoms with Gasteiger partial charge in [-0.25, -0.2) is 0 Å². The second kappa shape index (κ2) is 7.39. The Morgan fingerprint density at radius 1 is 1.05 bits per heavy atom. The van der Waals surface area contributed by atoms with Gasteiger partial charge in [-0.1, -0.05) is 32.1 Å². The van der Waals surface area contributed by atoms with Gasteiger partial charge in [0.25, 0.3) is 0 Å². The average molecular weight is 530 g/mol. The molecule has 0 aromatic heterocycles. The van der Waals surface area contributed by atoms with Crippen molar-refractivity contribution in [1.29, 1.82) is 0 Å². The standard InChI is InChI=1S/C31H31NO7/c1-12-9-17(33)22-20-15(11-30(24(12)20)13(2)7-6-8-29(30,4)5)21-23(26(22)36)28(38)31(39)16(25(21)35)10-18(34)19(14(3)32)27(31)37/h7,9,16,33-34,36,39H,3,6,8,10-11,32H2,1-2,4-5H3/t16-,30+,31-/m1/s1. The summed E-state index contributed by atoms with van der Waals surface area (Å²) in [6, 6.07) is 1.55. The molecule has 202 valence electrons. The molecular weight excluding hydrogens is 498 g/mol. The lowest BCUT2D eigenvalue weighted by molar-refractivity contribution is -0.133. The van der Waals surface area contributed by atoms with Crippen LogP contribution in [0.15, 0.2) is 41.3 Å². The normalized spacial score (nSPS) is 29.1. The summed E-state index contributed by atoms with van der Waals surface area (Å²) in [4.78, 5) is 41.7. The Hall–Kier alpha value is -3.91. The number of nitrogens with two attached hydrogens (primary N) is 1. The Morgan fingerprint density at radius 3 is 2.33 bits per heavy atom. The van der Waals surface area contributed by atoms with Crippen LogP contribution in [0.4, 0.5) is 0 Å². The minimum absolute atomic E-state index is 0.0173. The Kier molecular flexibility index (Phi) is 4.81. The molecule has 0 saturated carbocycles. The van der Waals surface area contributed by atoms with Crippen LogP contribution >= 0.6 is 0 Å². The number of ketones is 3. The molecule has 6 N–H and O–H groups in total. The first kappa shape index (κ1) is 25.4. The molecule has 0 saturated heterocycles. The quantitative estimate of drug-likeness (QED) is 0.273. The molecule has 0 radical (unpaired) electrons. The highest BCUT2D eigenvalue weighted by molar-refractivity contribution is 6.34. The molecule has 4 aliphatic rings. The lowest BCUT2D eigenvalue weighted by Gasteiger charge is -2.50. The van der Waals surface area contributed by atoms with Crippen molar-refractivity contribution in [3.8, 4) is 11.5 Å². The van der Waals surface area contributed by atoms with Crippen LogP contribution in [0.2, 0.25) is 0 Å². The number of benzene rings is 2. The molecule has 4 aliphatic carbocycles.